The minimum Gasteiger partial charge on any atom is -0.387 e. The fourth-order valence-electron chi connectivity index (χ4n) is 1.77. The highest BCUT2D eigenvalue weighted by Crippen LogP contribution is 2.16. The Bertz CT molecular complexity index is 284. The number of allylic oxidation sites excluding steroid dienone is 1. The molecule has 0 aliphatic carbocycles. The maximum Gasteiger partial charge on any atom is 0.219 e. The van der Waals surface area contributed by atoms with Crippen LogP contribution in [-0.4, -0.2) is 29.7 Å². The van der Waals surface area contributed by atoms with Gasteiger partial charge in [-0.05, 0) is 19.8 Å². The molecule has 1 aliphatic rings. The fraction of sp³-hybridized carbons (Fsp3) is 0.636. The molecule has 1 fully saturated rings. The lowest BCUT2D eigenvalue weighted by atomic mass is 9.97. The van der Waals surface area contributed by atoms with Crippen molar-refractivity contribution < 1.29 is 4.79 Å². The first kappa shape index (κ1) is 11.8. The average molecular weight is 209 g/mol. The molecule has 0 spiro atoms. The summed E-state index contributed by atoms with van der Waals surface area (Å²) in [6, 6.07) is 0. The van der Waals surface area contributed by atoms with Crippen molar-refractivity contribution in [2.45, 2.75) is 26.7 Å². The third-order valence-electron chi connectivity index (χ3n) is 2.66. The zero-order valence-electron chi connectivity index (χ0n) is 9.44. The Kier molecular flexibility index (Phi) is 4.34. The van der Waals surface area contributed by atoms with Crippen LogP contribution in [0, 0.1) is 5.92 Å². The lowest BCUT2D eigenvalue weighted by Gasteiger charge is -2.31. The van der Waals surface area contributed by atoms with Crippen LogP contribution in [0.2, 0.25) is 0 Å². The second-order valence-corrected chi connectivity index (χ2v) is 3.84. The lowest BCUT2D eigenvalue weighted by molar-refractivity contribution is -0.130. The van der Waals surface area contributed by atoms with Crippen molar-refractivity contribution in [3.05, 3.63) is 12.3 Å². The van der Waals surface area contributed by atoms with E-state index in [0.717, 1.165) is 19.4 Å². The van der Waals surface area contributed by atoms with E-state index in [4.69, 9.17) is 5.73 Å². The molecule has 1 aliphatic heterocycles. The molecule has 15 heavy (non-hydrogen) atoms. The molecule has 0 saturated carbocycles. The van der Waals surface area contributed by atoms with Crippen molar-refractivity contribution in [3.63, 3.8) is 0 Å². The Labute approximate surface area is 90.8 Å². The highest BCUT2D eigenvalue weighted by Gasteiger charge is 2.23. The Morgan fingerprint density at radius 3 is 2.93 bits per heavy atom. The monoisotopic (exact) mass is 209 g/mol. The first-order chi connectivity index (χ1) is 7.15. The van der Waals surface area contributed by atoms with Gasteiger partial charge in [0.25, 0.3) is 0 Å². The summed E-state index contributed by atoms with van der Waals surface area (Å²) in [7, 11) is 0. The number of nitrogens with two attached hydrogens (primary N) is 1. The SMILES string of the molecule is C/C=C\N=C(N)C1CCCN(C(C)=O)C1. The average Bonchev–Trinajstić information content (AvgIpc) is 2.26. The molecular weight excluding hydrogens is 190 g/mol. The number of carbonyl (C=O) groups excluding carboxylic acids is 1. The molecule has 0 radical (unpaired) electrons. The van der Waals surface area contributed by atoms with Gasteiger partial charge in [-0.3, -0.25) is 4.79 Å². The van der Waals surface area contributed by atoms with E-state index in [0.29, 0.717) is 12.4 Å². The van der Waals surface area contributed by atoms with Crippen molar-refractivity contribution in [3.8, 4) is 0 Å². The summed E-state index contributed by atoms with van der Waals surface area (Å²) >= 11 is 0. The van der Waals surface area contributed by atoms with E-state index in [1.165, 1.54) is 0 Å². The molecule has 1 saturated heterocycles. The molecular formula is C11H19N3O. The second-order valence-electron chi connectivity index (χ2n) is 3.84. The van der Waals surface area contributed by atoms with Crippen molar-refractivity contribution in [2.24, 2.45) is 16.6 Å². The summed E-state index contributed by atoms with van der Waals surface area (Å²) in [4.78, 5) is 17.2. The van der Waals surface area contributed by atoms with Crippen LogP contribution in [0.15, 0.2) is 17.3 Å². The largest absolute Gasteiger partial charge is 0.387 e. The zero-order valence-corrected chi connectivity index (χ0v) is 9.44. The molecule has 1 unspecified atom stereocenters. The molecule has 84 valence electrons. The number of likely N-dealkylation sites (tertiary alicyclic amines) is 1. The number of amides is 1. The number of aliphatic imine (C=N–C) groups is 1. The van der Waals surface area contributed by atoms with Crippen molar-refractivity contribution in [1.29, 1.82) is 0 Å². The normalized spacial score (nSPS) is 23.5. The van der Waals surface area contributed by atoms with Gasteiger partial charge in [0.15, 0.2) is 0 Å². The number of nitrogens with zero attached hydrogens (tertiary/aromatic N) is 2. The third-order valence-corrected chi connectivity index (χ3v) is 2.66. The van der Waals surface area contributed by atoms with Gasteiger partial charge in [-0.2, -0.15) is 0 Å². The molecule has 1 rings (SSSR count). The number of piperidine rings is 1. The van der Waals surface area contributed by atoms with Crippen LogP contribution in [0.1, 0.15) is 26.7 Å². The van der Waals surface area contributed by atoms with Crippen LogP contribution in [0.25, 0.3) is 0 Å². The van der Waals surface area contributed by atoms with Crippen LogP contribution < -0.4 is 5.73 Å². The highest BCUT2D eigenvalue weighted by atomic mass is 16.2. The van der Waals surface area contributed by atoms with Crippen LogP contribution in [0.3, 0.4) is 0 Å². The van der Waals surface area contributed by atoms with Crippen LogP contribution in [0.4, 0.5) is 0 Å². The van der Waals surface area contributed by atoms with Gasteiger partial charge >= 0.3 is 0 Å². The van der Waals surface area contributed by atoms with E-state index >= 15 is 0 Å². The maximum absolute atomic E-state index is 11.2. The quantitative estimate of drug-likeness (QED) is 0.547. The van der Waals surface area contributed by atoms with Gasteiger partial charge in [0.2, 0.25) is 5.91 Å². The molecule has 1 atom stereocenters. The highest BCUT2D eigenvalue weighted by molar-refractivity contribution is 5.84. The predicted octanol–water partition coefficient (Wildman–Crippen LogP) is 1.14. The minimum absolute atomic E-state index is 0.124. The molecule has 4 heteroatoms. The first-order valence-electron chi connectivity index (χ1n) is 5.35. The first-order valence-corrected chi connectivity index (χ1v) is 5.35. The van der Waals surface area contributed by atoms with Gasteiger partial charge in [0.1, 0.15) is 5.84 Å². The lowest BCUT2D eigenvalue weighted by Crippen LogP contribution is -2.43. The summed E-state index contributed by atoms with van der Waals surface area (Å²) in [5.74, 6) is 0.983. The Balaban J connectivity index is 2.59. The second kappa shape index (κ2) is 5.53. The smallest absolute Gasteiger partial charge is 0.219 e. The van der Waals surface area contributed by atoms with Crippen molar-refractivity contribution in [1.82, 2.24) is 4.90 Å². The third kappa shape index (κ3) is 3.38. The number of carbonyl (C=O) groups is 1. The molecule has 2 N–H and O–H groups in total. The standard InChI is InChI=1S/C11H19N3O/c1-3-6-13-11(12)10-5-4-7-14(8-10)9(2)15/h3,6,10H,4-5,7-8H2,1-2H3,(H2,12,13)/b6-3-. The molecule has 4 nitrogen and oxygen atoms in total. The van der Waals surface area contributed by atoms with Gasteiger partial charge in [-0.15, -0.1) is 0 Å². The molecule has 1 amide bonds. The Morgan fingerprint density at radius 2 is 2.33 bits per heavy atom. The van der Waals surface area contributed by atoms with Crippen LogP contribution >= 0.6 is 0 Å². The number of hydrogen-bond acceptors (Lipinski definition) is 2. The van der Waals surface area contributed by atoms with E-state index in [-0.39, 0.29) is 11.8 Å². The predicted molar refractivity (Wildman–Crippen MR) is 61.4 cm³/mol. The molecule has 1 heterocycles. The summed E-state index contributed by atoms with van der Waals surface area (Å²) < 4.78 is 0. The van der Waals surface area contributed by atoms with Gasteiger partial charge in [-0.25, -0.2) is 4.99 Å². The van der Waals surface area contributed by atoms with E-state index < -0.39 is 0 Å². The van der Waals surface area contributed by atoms with Gasteiger partial charge in [-0.1, -0.05) is 6.08 Å². The Morgan fingerprint density at radius 1 is 1.60 bits per heavy atom. The summed E-state index contributed by atoms with van der Waals surface area (Å²) in [5.41, 5.74) is 5.86. The molecule has 0 bridgehead atoms. The number of rotatable bonds is 2. The zero-order chi connectivity index (χ0) is 11.3. The summed E-state index contributed by atoms with van der Waals surface area (Å²) in [5, 5.41) is 0. The Hall–Kier alpha value is -1.32. The molecule has 0 aromatic carbocycles. The summed E-state index contributed by atoms with van der Waals surface area (Å²) in [6.45, 7) is 5.06. The summed E-state index contributed by atoms with van der Waals surface area (Å²) in [6.07, 6.45) is 5.58. The molecule has 0 aromatic heterocycles. The van der Waals surface area contributed by atoms with Gasteiger partial charge in [0.05, 0.1) is 0 Å². The van der Waals surface area contributed by atoms with E-state index in [1.54, 1.807) is 13.1 Å². The van der Waals surface area contributed by atoms with Gasteiger partial charge in [0, 0.05) is 32.1 Å². The van der Waals surface area contributed by atoms with E-state index in [2.05, 4.69) is 4.99 Å². The minimum atomic E-state index is 0.124. The van der Waals surface area contributed by atoms with Crippen molar-refractivity contribution in [2.75, 3.05) is 13.1 Å². The van der Waals surface area contributed by atoms with E-state index in [9.17, 15) is 4.79 Å². The number of hydrogen-bond donors (Lipinski definition) is 1. The van der Waals surface area contributed by atoms with E-state index in [1.807, 2.05) is 17.9 Å². The number of amidine groups is 1. The van der Waals surface area contributed by atoms with Gasteiger partial charge < -0.3 is 10.6 Å². The topological polar surface area (TPSA) is 58.7 Å². The van der Waals surface area contributed by atoms with Crippen LogP contribution in [-0.2, 0) is 4.79 Å². The maximum atomic E-state index is 11.2. The van der Waals surface area contributed by atoms with Crippen LogP contribution in [0.5, 0.6) is 0 Å². The molecule has 0 aromatic rings. The van der Waals surface area contributed by atoms with Crippen molar-refractivity contribution >= 4 is 11.7 Å². The fourth-order valence-corrected chi connectivity index (χ4v) is 1.77.